The van der Waals surface area contributed by atoms with Crippen LogP contribution in [-0.4, -0.2) is 17.0 Å². The van der Waals surface area contributed by atoms with Gasteiger partial charge in [0, 0.05) is 6.42 Å². The Bertz CT molecular complexity index is 664. The molecule has 0 fully saturated rings. The summed E-state index contributed by atoms with van der Waals surface area (Å²) in [5.41, 5.74) is 2.76. The van der Waals surface area contributed by atoms with Crippen LogP contribution >= 0.6 is 0 Å². The number of nitrogens with one attached hydrogen (secondary N) is 1. The Labute approximate surface area is 111 Å². The molecule has 1 unspecified atom stereocenters. The van der Waals surface area contributed by atoms with Crippen LogP contribution < -0.4 is 5.32 Å². The van der Waals surface area contributed by atoms with Crippen LogP contribution in [0.5, 0.6) is 0 Å². The van der Waals surface area contributed by atoms with Gasteiger partial charge in [-0.25, -0.2) is 4.98 Å². The highest BCUT2D eigenvalue weighted by atomic mass is 16.3. The van der Waals surface area contributed by atoms with Gasteiger partial charge in [-0.05, 0) is 31.3 Å². The highest BCUT2D eigenvalue weighted by Crippen LogP contribution is 2.18. The summed E-state index contributed by atoms with van der Waals surface area (Å²) in [7, 11) is 1.92. The second-order valence-corrected chi connectivity index (χ2v) is 4.41. The van der Waals surface area contributed by atoms with E-state index >= 15 is 0 Å². The van der Waals surface area contributed by atoms with Crippen LogP contribution in [0.25, 0.3) is 11.0 Å². The van der Waals surface area contributed by atoms with E-state index in [0.717, 1.165) is 28.9 Å². The van der Waals surface area contributed by atoms with Crippen LogP contribution in [0.4, 0.5) is 0 Å². The summed E-state index contributed by atoms with van der Waals surface area (Å²) in [6, 6.07) is 11.9. The molecular weight excluding hydrogens is 238 g/mol. The van der Waals surface area contributed by atoms with Gasteiger partial charge in [0.2, 0.25) is 0 Å². The zero-order valence-electron chi connectivity index (χ0n) is 10.7. The number of furan rings is 1. The predicted octanol–water partition coefficient (Wildman–Crippen LogP) is 2.73. The summed E-state index contributed by atoms with van der Waals surface area (Å²) in [6.45, 7) is 0. The average Bonchev–Trinajstić information content (AvgIpc) is 2.97. The molecule has 96 valence electrons. The topological polar surface area (TPSA) is 51.0 Å². The van der Waals surface area contributed by atoms with E-state index in [1.807, 2.05) is 49.6 Å². The van der Waals surface area contributed by atoms with Gasteiger partial charge < -0.3 is 9.73 Å². The molecule has 0 saturated heterocycles. The van der Waals surface area contributed by atoms with E-state index in [9.17, 15) is 0 Å². The Kier molecular flexibility index (Phi) is 3.25. The van der Waals surface area contributed by atoms with E-state index in [0.29, 0.717) is 0 Å². The number of aromatic nitrogens is 2. The lowest BCUT2D eigenvalue weighted by molar-refractivity contribution is 0.461. The van der Waals surface area contributed by atoms with Crippen LogP contribution in [0.2, 0.25) is 0 Å². The molecule has 3 aromatic rings. The van der Waals surface area contributed by atoms with Crippen molar-refractivity contribution in [2.24, 2.45) is 0 Å². The fourth-order valence-electron chi connectivity index (χ4n) is 2.12. The van der Waals surface area contributed by atoms with Crippen molar-refractivity contribution in [3.05, 3.63) is 60.3 Å². The highest BCUT2D eigenvalue weighted by Gasteiger charge is 2.14. The van der Waals surface area contributed by atoms with Gasteiger partial charge in [0.25, 0.3) is 0 Å². The molecule has 2 heterocycles. The number of fused-ring (bicyclic) bond motifs is 1. The van der Waals surface area contributed by atoms with Crippen molar-refractivity contribution < 1.29 is 4.42 Å². The Hall–Kier alpha value is -2.20. The Morgan fingerprint density at radius 2 is 2.00 bits per heavy atom. The molecule has 0 amide bonds. The normalized spacial score (nSPS) is 12.7. The van der Waals surface area contributed by atoms with Crippen molar-refractivity contribution in [3.8, 4) is 0 Å². The fraction of sp³-hybridized carbons (Fsp3) is 0.200. The maximum atomic E-state index is 5.39. The third kappa shape index (κ3) is 2.48. The largest absolute Gasteiger partial charge is 0.469 e. The van der Waals surface area contributed by atoms with Crippen LogP contribution in [0.15, 0.2) is 53.3 Å². The first kappa shape index (κ1) is 11.9. The molecule has 0 aliphatic heterocycles. The van der Waals surface area contributed by atoms with E-state index in [4.69, 9.17) is 4.42 Å². The van der Waals surface area contributed by atoms with Crippen LogP contribution in [-0.2, 0) is 6.42 Å². The average molecular weight is 253 g/mol. The molecule has 4 nitrogen and oxygen atoms in total. The molecule has 1 N–H and O–H groups in total. The molecule has 0 radical (unpaired) electrons. The molecule has 0 spiro atoms. The van der Waals surface area contributed by atoms with E-state index < -0.39 is 0 Å². The molecule has 0 aliphatic rings. The lowest BCUT2D eigenvalue weighted by Crippen LogP contribution is -2.20. The number of hydrogen-bond acceptors (Lipinski definition) is 4. The highest BCUT2D eigenvalue weighted by molar-refractivity contribution is 5.73. The monoisotopic (exact) mass is 253 g/mol. The van der Waals surface area contributed by atoms with Crippen molar-refractivity contribution in [1.82, 2.24) is 15.3 Å². The minimum Gasteiger partial charge on any atom is -0.469 e. The summed E-state index contributed by atoms with van der Waals surface area (Å²) in [5.74, 6) is 0.939. The first-order valence-electron chi connectivity index (χ1n) is 6.28. The zero-order chi connectivity index (χ0) is 13.1. The standard InChI is InChI=1S/C15H15N3O/c1-16-14(9-11-5-4-8-19-11)15-10-17-12-6-2-3-7-13(12)18-15/h2-8,10,14,16H,9H2,1H3. The molecule has 1 aromatic carbocycles. The molecule has 4 heteroatoms. The maximum Gasteiger partial charge on any atom is 0.105 e. The van der Waals surface area contributed by atoms with Gasteiger partial charge in [-0.3, -0.25) is 4.98 Å². The second-order valence-electron chi connectivity index (χ2n) is 4.41. The minimum absolute atomic E-state index is 0.100. The number of likely N-dealkylation sites (N-methyl/N-ethyl adjacent to an activating group) is 1. The van der Waals surface area contributed by atoms with Gasteiger partial charge in [-0.15, -0.1) is 0 Å². The zero-order valence-corrected chi connectivity index (χ0v) is 10.7. The molecule has 3 rings (SSSR count). The van der Waals surface area contributed by atoms with E-state index in [2.05, 4.69) is 15.3 Å². The minimum atomic E-state index is 0.100. The third-order valence-corrected chi connectivity index (χ3v) is 3.16. The molecular formula is C15H15N3O. The number of nitrogens with zero attached hydrogens (tertiary/aromatic N) is 2. The van der Waals surface area contributed by atoms with Gasteiger partial charge in [-0.1, -0.05) is 12.1 Å². The molecule has 0 bridgehead atoms. The molecule has 1 atom stereocenters. The molecule has 19 heavy (non-hydrogen) atoms. The van der Waals surface area contributed by atoms with Gasteiger partial charge in [-0.2, -0.15) is 0 Å². The van der Waals surface area contributed by atoms with E-state index in [1.54, 1.807) is 6.26 Å². The Morgan fingerprint density at radius 3 is 2.74 bits per heavy atom. The summed E-state index contributed by atoms with van der Waals surface area (Å²) in [5, 5.41) is 3.26. The second kappa shape index (κ2) is 5.20. The summed E-state index contributed by atoms with van der Waals surface area (Å²) < 4.78 is 5.39. The smallest absolute Gasteiger partial charge is 0.105 e. The van der Waals surface area contributed by atoms with Crippen molar-refractivity contribution in [1.29, 1.82) is 0 Å². The van der Waals surface area contributed by atoms with Crippen molar-refractivity contribution in [2.75, 3.05) is 7.05 Å². The summed E-state index contributed by atoms with van der Waals surface area (Å²) in [6.07, 6.45) is 4.27. The van der Waals surface area contributed by atoms with Crippen molar-refractivity contribution in [3.63, 3.8) is 0 Å². The van der Waals surface area contributed by atoms with E-state index in [1.165, 1.54) is 0 Å². The van der Waals surface area contributed by atoms with Gasteiger partial charge >= 0.3 is 0 Å². The number of hydrogen-bond donors (Lipinski definition) is 1. The number of para-hydroxylation sites is 2. The summed E-state index contributed by atoms with van der Waals surface area (Å²) in [4.78, 5) is 9.11. The Morgan fingerprint density at radius 1 is 1.16 bits per heavy atom. The first-order valence-corrected chi connectivity index (χ1v) is 6.28. The third-order valence-electron chi connectivity index (χ3n) is 3.16. The van der Waals surface area contributed by atoms with Crippen molar-refractivity contribution >= 4 is 11.0 Å². The SMILES string of the molecule is CNC(Cc1ccco1)c1cnc2ccccc2n1. The van der Waals surface area contributed by atoms with Crippen LogP contribution in [0.3, 0.4) is 0 Å². The number of rotatable bonds is 4. The summed E-state index contributed by atoms with van der Waals surface area (Å²) >= 11 is 0. The van der Waals surface area contributed by atoms with Gasteiger partial charge in [0.15, 0.2) is 0 Å². The molecule has 0 saturated carbocycles. The predicted molar refractivity (Wildman–Crippen MR) is 73.8 cm³/mol. The van der Waals surface area contributed by atoms with Gasteiger partial charge in [0.05, 0.1) is 35.2 Å². The van der Waals surface area contributed by atoms with Crippen LogP contribution in [0, 0.1) is 0 Å². The Balaban J connectivity index is 1.92. The molecule has 0 aliphatic carbocycles. The lowest BCUT2D eigenvalue weighted by atomic mass is 10.1. The van der Waals surface area contributed by atoms with Crippen molar-refractivity contribution in [2.45, 2.75) is 12.5 Å². The quantitative estimate of drug-likeness (QED) is 0.776. The molecule has 2 aromatic heterocycles. The number of benzene rings is 1. The van der Waals surface area contributed by atoms with Crippen LogP contribution in [0.1, 0.15) is 17.5 Å². The van der Waals surface area contributed by atoms with E-state index in [-0.39, 0.29) is 6.04 Å². The maximum absolute atomic E-state index is 5.39. The lowest BCUT2D eigenvalue weighted by Gasteiger charge is -2.14. The first-order chi connectivity index (χ1) is 9.36. The fourth-order valence-corrected chi connectivity index (χ4v) is 2.12. The van der Waals surface area contributed by atoms with Gasteiger partial charge in [0.1, 0.15) is 5.76 Å².